The van der Waals surface area contributed by atoms with Gasteiger partial charge in [0.25, 0.3) is 0 Å². The van der Waals surface area contributed by atoms with Crippen molar-refractivity contribution in [3.8, 4) is 18.2 Å². The first-order valence-electron chi connectivity index (χ1n) is 22.2. The van der Waals surface area contributed by atoms with E-state index < -0.39 is 23.4 Å². The van der Waals surface area contributed by atoms with Gasteiger partial charge in [0.2, 0.25) is 11.8 Å². The van der Waals surface area contributed by atoms with Gasteiger partial charge in [-0.2, -0.15) is 29.0 Å². The molecule has 0 atom stereocenters. The smallest absolute Gasteiger partial charge is 0.369 e. The number of alkyl halides is 3. The van der Waals surface area contributed by atoms with Crippen LogP contribution < -0.4 is 20.4 Å². The van der Waals surface area contributed by atoms with E-state index in [0.29, 0.717) is 50.4 Å². The molecule has 2 aromatic rings. The average molecular weight is 866 g/mol. The molecular weight excluding hydrogens is 806 g/mol. The van der Waals surface area contributed by atoms with Crippen LogP contribution in [0.2, 0.25) is 0 Å². The Labute approximate surface area is 362 Å². The second-order valence-corrected chi connectivity index (χ2v) is 17.1. The summed E-state index contributed by atoms with van der Waals surface area (Å²) in [5.74, 6) is -0.131. The van der Waals surface area contributed by atoms with Crippen LogP contribution in [0.1, 0.15) is 101 Å². The molecule has 0 radical (unpaired) electrons. The highest BCUT2D eigenvalue weighted by Gasteiger charge is 2.32. The van der Waals surface area contributed by atoms with E-state index in [1.165, 1.54) is 18.6 Å². The van der Waals surface area contributed by atoms with E-state index in [2.05, 4.69) is 31.4 Å². The van der Waals surface area contributed by atoms with Gasteiger partial charge in [-0.1, -0.05) is 0 Å². The van der Waals surface area contributed by atoms with Gasteiger partial charge >= 0.3 is 6.18 Å². The van der Waals surface area contributed by atoms with Gasteiger partial charge in [-0.15, -0.1) is 0 Å². The van der Waals surface area contributed by atoms with E-state index >= 15 is 0 Å². The number of hydrogen-bond acceptors (Lipinski definition) is 9. The van der Waals surface area contributed by atoms with E-state index in [1.54, 1.807) is 12.1 Å². The lowest BCUT2D eigenvalue weighted by Gasteiger charge is -2.37. The van der Waals surface area contributed by atoms with Crippen molar-refractivity contribution in [1.29, 1.82) is 15.8 Å². The van der Waals surface area contributed by atoms with Crippen molar-refractivity contribution in [2.75, 3.05) is 75.2 Å². The molecule has 0 bridgehead atoms. The lowest BCUT2D eigenvalue weighted by atomic mass is 9.84. The molecule has 2 aromatic carbocycles. The fourth-order valence-corrected chi connectivity index (χ4v) is 9.07. The minimum atomic E-state index is -4.56. The summed E-state index contributed by atoms with van der Waals surface area (Å²) >= 11 is 0. The summed E-state index contributed by atoms with van der Waals surface area (Å²) < 4.78 is 66.1. The number of benzene rings is 2. The Bertz CT molecular complexity index is 1880. The number of nitrogens with one attached hydrogen (secondary N) is 2. The minimum absolute atomic E-state index is 0.0830. The summed E-state index contributed by atoms with van der Waals surface area (Å²) in [6.45, 7) is 8.37. The van der Waals surface area contributed by atoms with Crippen LogP contribution in [0, 0.1) is 57.5 Å². The Balaban J connectivity index is 0.000000234. The number of piperazine rings is 2. The fourth-order valence-electron chi connectivity index (χ4n) is 9.07. The molecule has 16 heteroatoms. The Morgan fingerprint density at radius 3 is 1.69 bits per heavy atom. The maximum atomic E-state index is 13.7. The predicted molar refractivity (Wildman–Crippen MR) is 227 cm³/mol. The molecule has 0 unspecified atom stereocenters. The largest absolute Gasteiger partial charge is 0.416 e. The Morgan fingerprint density at radius 1 is 0.661 bits per heavy atom. The molecule has 2 heterocycles. The van der Waals surface area contributed by atoms with Crippen molar-refractivity contribution in [2.45, 2.75) is 108 Å². The number of carbonyl (C=O) groups is 2. The fraction of sp³-hybridized carbons (Fsp3) is 0.630. The van der Waals surface area contributed by atoms with Crippen LogP contribution in [0.3, 0.4) is 0 Å². The highest BCUT2D eigenvalue weighted by atomic mass is 19.4. The molecule has 2 saturated carbocycles. The Hall–Kier alpha value is -4.98. The average Bonchev–Trinajstić information content (AvgIpc) is 3.26. The van der Waals surface area contributed by atoms with Crippen molar-refractivity contribution in [2.24, 2.45) is 11.8 Å². The SMILES string of the molecule is N#CCC(=O)NC1CCC(CCN2CCN(c3cc(F)cc(C(F)(F)F)c3)CC2)CC1.N#CCCCC(=O)NC1CCC(CCN2CCN(c3ccc(F)c(C#N)c3)CC2)CC1. The van der Waals surface area contributed by atoms with Gasteiger partial charge in [0.15, 0.2) is 0 Å². The van der Waals surface area contributed by atoms with Gasteiger partial charge in [-0.3, -0.25) is 19.4 Å². The van der Waals surface area contributed by atoms with Gasteiger partial charge in [-0.25, -0.2) is 8.78 Å². The summed E-state index contributed by atoms with van der Waals surface area (Å²) in [5, 5.41) is 32.2. The number of nitriles is 3. The van der Waals surface area contributed by atoms with E-state index in [1.807, 2.05) is 17.0 Å². The maximum absolute atomic E-state index is 13.7. The molecule has 2 aliphatic heterocycles. The quantitative estimate of drug-likeness (QED) is 0.146. The summed E-state index contributed by atoms with van der Waals surface area (Å²) in [5.41, 5.74) is 0.354. The molecule has 336 valence electrons. The third-order valence-corrected chi connectivity index (χ3v) is 12.8. The van der Waals surface area contributed by atoms with Crippen LogP contribution in [-0.4, -0.2) is 99.1 Å². The third kappa shape index (κ3) is 15.4. The monoisotopic (exact) mass is 865 g/mol. The first-order chi connectivity index (χ1) is 29.8. The van der Waals surface area contributed by atoms with Crippen molar-refractivity contribution in [3.05, 3.63) is 59.2 Å². The van der Waals surface area contributed by atoms with Crippen molar-refractivity contribution in [3.63, 3.8) is 0 Å². The number of carbonyl (C=O) groups excluding carboxylic acids is 2. The summed E-state index contributed by atoms with van der Waals surface area (Å²) in [6, 6.07) is 13.8. The predicted octanol–water partition coefficient (Wildman–Crippen LogP) is 7.52. The molecule has 11 nitrogen and oxygen atoms in total. The van der Waals surface area contributed by atoms with Crippen LogP contribution in [0.15, 0.2) is 36.4 Å². The van der Waals surface area contributed by atoms with Crippen LogP contribution >= 0.6 is 0 Å². The van der Waals surface area contributed by atoms with Crippen LogP contribution in [-0.2, 0) is 15.8 Å². The van der Waals surface area contributed by atoms with Crippen LogP contribution in [0.25, 0.3) is 0 Å². The van der Waals surface area contributed by atoms with E-state index in [0.717, 1.165) is 128 Å². The molecule has 0 aromatic heterocycles. The standard InChI is InChI=1S/C24H32FN5O.C22H28F4N4O/c25-23-9-8-22(17-20(23)18-27)30-15-13-29(14-16-30)12-10-19-4-6-21(7-5-19)28-24(31)3-1-2-11-26;23-18-13-17(22(24,25)26)14-20(15-18)30-11-9-29(10-12-30)8-6-16-1-3-19(4-2-16)28-21(31)5-7-27/h8-9,17,19,21H,1-7,10,12-16H2,(H,28,31);13-16,19H,1-6,8-12H2,(H,28,31). The van der Waals surface area contributed by atoms with Gasteiger partial charge in [-0.05, 0) is 132 Å². The Morgan fingerprint density at radius 2 is 1.19 bits per heavy atom. The lowest BCUT2D eigenvalue weighted by molar-refractivity contribution is -0.137. The second-order valence-electron chi connectivity index (χ2n) is 17.1. The number of halogens is 5. The summed E-state index contributed by atoms with van der Waals surface area (Å²) in [4.78, 5) is 32.3. The first-order valence-corrected chi connectivity index (χ1v) is 22.2. The van der Waals surface area contributed by atoms with Crippen molar-refractivity contribution < 1.29 is 31.5 Å². The molecule has 2 aliphatic carbocycles. The van der Waals surface area contributed by atoms with Gasteiger partial charge < -0.3 is 20.4 Å². The second kappa shape index (κ2) is 24.0. The number of hydrogen-bond donors (Lipinski definition) is 2. The summed E-state index contributed by atoms with van der Waals surface area (Å²) in [6.07, 6.45) is 7.49. The molecular formula is C46H60F5N9O2. The molecule has 2 saturated heterocycles. The van der Waals surface area contributed by atoms with Crippen molar-refractivity contribution in [1.82, 2.24) is 20.4 Å². The number of rotatable bonds is 14. The molecule has 0 spiro atoms. The molecule has 6 rings (SSSR count). The topological polar surface area (TPSA) is 143 Å². The Kier molecular flexibility index (Phi) is 18.6. The maximum Gasteiger partial charge on any atom is 0.416 e. The molecule has 62 heavy (non-hydrogen) atoms. The van der Waals surface area contributed by atoms with E-state index in [-0.39, 0.29) is 35.5 Å². The molecule has 4 fully saturated rings. The van der Waals surface area contributed by atoms with Gasteiger partial charge in [0.1, 0.15) is 24.1 Å². The van der Waals surface area contributed by atoms with Crippen molar-refractivity contribution >= 4 is 23.2 Å². The highest BCUT2D eigenvalue weighted by Crippen LogP contribution is 2.34. The highest BCUT2D eigenvalue weighted by molar-refractivity contribution is 5.78. The summed E-state index contributed by atoms with van der Waals surface area (Å²) in [7, 11) is 0. The van der Waals surface area contributed by atoms with Gasteiger partial charge in [0, 0.05) is 88.7 Å². The van der Waals surface area contributed by atoms with E-state index in [4.69, 9.17) is 15.8 Å². The minimum Gasteiger partial charge on any atom is -0.369 e. The normalized spacial score (nSPS) is 22.3. The lowest BCUT2D eigenvalue weighted by Crippen LogP contribution is -2.47. The van der Waals surface area contributed by atoms with Crippen LogP contribution in [0.4, 0.5) is 33.3 Å². The molecule has 2 amide bonds. The molecule has 4 aliphatic rings. The number of amides is 2. The van der Waals surface area contributed by atoms with Crippen LogP contribution in [0.5, 0.6) is 0 Å². The molecule has 2 N–H and O–H groups in total. The zero-order valence-electron chi connectivity index (χ0n) is 35.6. The third-order valence-electron chi connectivity index (χ3n) is 12.8. The number of unbranched alkanes of at least 4 members (excludes halogenated alkanes) is 1. The van der Waals surface area contributed by atoms with Gasteiger partial charge in [0.05, 0.1) is 23.3 Å². The zero-order chi connectivity index (χ0) is 44.5. The zero-order valence-corrected chi connectivity index (χ0v) is 35.6. The number of anilines is 2. The first kappa shape index (κ1) is 48.1. The van der Waals surface area contributed by atoms with E-state index in [9.17, 15) is 31.5 Å². The number of nitrogens with zero attached hydrogens (tertiary/aromatic N) is 7.